The lowest BCUT2D eigenvalue weighted by Crippen LogP contribution is -2.25. The molecule has 0 aliphatic heterocycles. The molecule has 1 atom stereocenters. The molecule has 100 valence electrons. The van der Waals surface area contributed by atoms with Crippen LogP contribution < -0.4 is 16.4 Å². The summed E-state index contributed by atoms with van der Waals surface area (Å²) in [5.74, 6) is 1.50. The second-order valence-corrected chi connectivity index (χ2v) is 5.12. The highest BCUT2D eigenvalue weighted by Crippen LogP contribution is 2.19. The number of rotatable bonds is 5. The third-order valence-corrected chi connectivity index (χ3v) is 3.06. The van der Waals surface area contributed by atoms with Crippen LogP contribution in [-0.2, 0) is 0 Å². The Hall–Kier alpha value is -1.66. The highest BCUT2D eigenvalue weighted by atomic mass is 79.9. The van der Waals surface area contributed by atoms with Gasteiger partial charge in [0.2, 0.25) is 0 Å². The fourth-order valence-corrected chi connectivity index (χ4v) is 1.76. The molecular formula is C13H16BrN5. The number of halogens is 1. The fourth-order valence-electron chi connectivity index (χ4n) is 1.50. The zero-order valence-corrected chi connectivity index (χ0v) is 12.2. The van der Waals surface area contributed by atoms with Crippen LogP contribution in [0.3, 0.4) is 0 Å². The molecule has 0 aliphatic rings. The van der Waals surface area contributed by atoms with Gasteiger partial charge in [0, 0.05) is 28.8 Å². The standard InChI is InChI=1S/C13H16BrN5/c1-9(7-15)18-12-6-13(17-8-16-12)19-11-4-2-10(14)3-5-11/h2-6,8-9H,7,15H2,1H3,(H2,16,17,18,19). The molecule has 2 aromatic rings. The van der Waals surface area contributed by atoms with E-state index in [1.165, 1.54) is 6.33 Å². The van der Waals surface area contributed by atoms with Crippen LogP contribution >= 0.6 is 15.9 Å². The molecule has 4 N–H and O–H groups in total. The van der Waals surface area contributed by atoms with Crippen molar-refractivity contribution in [1.82, 2.24) is 9.97 Å². The van der Waals surface area contributed by atoms with Gasteiger partial charge in [-0.15, -0.1) is 0 Å². The quantitative estimate of drug-likeness (QED) is 0.789. The lowest BCUT2D eigenvalue weighted by atomic mass is 10.3. The van der Waals surface area contributed by atoms with Crippen molar-refractivity contribution in [2.75, 3.05) is 17.2 Å². The van der Waals surface area contributed by atoms with E-state index < -0.39 is 0 Å². The SMILES string of the molecule is CC(CN)Nc1cc(Nc2ccc(Br)cc2)ncn1. The van der Waals surface area contributed by atoms with Crippen LogP contribution in [0.1, 0.15) is 6.92 Å². The van der Waals surface area contributed by atoms with Gasteiger partial charge in [-0.05, 0) is 31.2 Å². The first-order valence-corrected chi connectivity index (χ1v) is 6.78. The van der Waals surface area contributed by atoms with Gasteiger partial charge < -0.3 is 16.4 Å². The molecule has 0 spiro atoms. The van der Waals surface area contributed by atoms with E-state index >= 15 is 0 Å². The molecule has 0 bridgehead atoms. The van der Waals surface area contributed by atoms with E-state index in [1.54, 1.807) is 0 Å². The maximum Gasteiger partial charge on any atom is 0.135 e. The Morgan fingerprint density at radius 3 is 2.58 bits per heavy atom. The minimum absolute atomic E-state index is 0.176. The Morgan fingerprint density at radius 1 is 1.21 bits per heavy atom. The van der Waals surface area contributed by atoms with Crippen molar-refractivity contribution in [2.45, 2.75) is 13.0 Å². The summed E-state index contributed by atoms with van der Waals surface area (Å²) in [5, 5.41) is 6.42. The molecular weight excluding hydrogens is 306 g/mol. The Bertz CT molecular complexity index is 529. The Balaban J connectivity index is 2.08. The highest BCUT2D eigenvalue weighted by Gasteiger charge is 2.02. The van der Waals surface area contributed by atoms with E-state index in [2.05, 4.69) is 36.5 Å². The molecule has 1 aromatic carbocycles. The van der Waals surface area contributed by atoms with Crippen LogP contribution in [0.5, 0.6) is 0 Å². The Morgan fingerprint density at radius 2 is 1.89 bits per heavy atom. The summed E-state index contributed by atoms with van der Waals surface area (Å²) in [7, 11) is 0. The average molecular weight is 322 g/mol. The highest BCUT2D eigenvalue weighted by molar-refractivity contribution is 9.10. The molecule has 0 radical (unpaired) electrons. The van der Waals surface area contributed by atoms with Gasteiger partial charge in [0.1, 0.15) is 18.0 Å². The second kappa shape index (κ2) is 6.49. The molecule has 5 nitrogen and oxygen atoms in total. The number of hydrogen-bond donors (Lipinski definition) is 3. The summed E-state index contributed by atoms with van der Waals surface area (Å²) in [6, 6.07) is 9.92. The third kappa shape index (κ3) is 4.18. The largest absolute Gasteiger partial charge is 0.366 e. The first kappa shape index (κ1) is 13.8. The maximum atomic E-state index is 5.57. The van der Waals surface area contributed by atoms with E-state index in [1.807, 2.05) is 37.3 Å². The number of nitrogens with two attached hydrogens (primary N) is 1. The molecule has 0 saturated heterocycles. The first-order valence-electron chi connectivity index (χ1n) is 5.98. The van der Waals surface area contributed by atoms with Crippen molar-refractivity contribution in [1.29, 1.82) is 0 Å². The molecule has 1 unspecified atom stereocenters. The van der Waals surface area contributed by atoms with Crippen molar-refractivity contribution >= 4 is 33.3 Å². The van der Waals surface area contributed by atoms with E-state index in [4.69, 9.17) is 5.73 Å². The first-order chi connectivity index (χ1) is 9.17. The normalized spacial score (nSPS) is 11.9. The molecule has 1 aromatic heterocycles. The molecule has 6 heteroatoms. The minimum atomic E-state index is 0.176. The van der Waals surface area contributed by atoms with Crippen molar-refractivity contribution < 1.29 is 0 Å². The number of anilines is 3. The molecule has 2 rings (SSSR count). The number of nitrogens with zero attached hydrogens (tertiary/aromatic N) is 2. The minimum Gasteiger partial charge on any atom is -0.366 e. The summed E-state index contributed by atoms with van der Waals surface area (Å²) in [5.41, 5.74) is 6.54. The van der Waals surface area contributed by atoms with Crippen LogP contribution in [-0.4, -0.2) is 22.6 Å². The number of hydrogen-bond acceptors (Lipinski definition) is 5. The van der Waals surface area contributed by atoms with Crippen LogP contribution in [0.2, 0.25) is 0 Å². The van der Waals surface area contributed by atoms with Crippen molar-refractivity contribution in [2.24, 2.45) is 5.73 Å². The zero-order chi connectivity index (χ0) is 13.7. The van der Waals surface area contributed by atoms with E-state index in [0.29, 0.717) is 6.54 Å². The monoisotopic (exact) mass is 321 g/mol. The lowest BCUT2D eigenvalue weighted by molar-refractivity contribution is 0.797. The average Bonchev–Trinajstić information content (AvgIpc) is 2.42. The van der Waals surface area contributed by atoms with Gasteiger partial charge in [0.25, 0.3) is 0 Å². The van der Waals surface area contributed by atoms with Crippen molar-refractivity contribution in [3.05, 3.63) is 41.1 Å². The second-order valence-electron chi connectivity index (χ2n) is 4.20. The predicted octanol–water partition coefficient (Wildman–Crippen LogP) is 2.74. The molecule has 1 heterocycles. The lowest BCUT2D eigenvalue weighted by Gasteiger charge is -2.12. The summed E-state index contributed by atoms with van der Waals surface area (Å²) >= 11 is 3.40. The summed E-state index contributed by atoms with van der Waals surface area (Å²) < 4.78 is 1.04. The smallest absolute Gasteiger partial charge is 0.135 e. The van der Waals surface area contributed by atoms with Gasteiger partial charge in [-0.3, -0.25) is 0 Å². The summed E-state index contributed by atoms with van der Waals surface area (Å²) in [6.07, 6.45) is 1.52. The van der Waals surface area contributed by atoms with Gasteiger partial charge in [0.05, 0.1) is 0 Å². The number of benzene rings is 1. The topological polar surface area (TPSA) is 75.9 Å². The van der Waals surface area contributed by atoms with E-state index in [9.17, 15) is 0 Å². The van der Waals surface area contributed by atoms with E-state index in [0.717, 1.165) is 21.8 Å². The van der Waals surface area contributed by atoms with Gasteiger partial charge in [-0.1, -0.05) is 15.9 Å². The molecule has 0 fully saturated rings. The van der Waals surface area contributed by atoms with Gasteiger partial charge in [0.15, 0.2) is 0 Å². The van der Waals surface area contributed by atoms with Crippen LogP contribution in [0.4, 0.5) is 17.3 Å². The van der Waals surface area contributed by atoms with Crippen LogP contribution in [0, 0.1) is 0 Å². The molecule has 0 saturated carbocycles. The Kier molecular flexibility index (Phi) is 4.70. The zero-order valence-electron chi connectivity index (χ0n) is 10.6. The van der Waals surface area contributed by atoms with Crippen molar-refractivity contribution in [3.63, 3.8) is 0 Å². The molecule has 0 amide bonds. The maximum absolute atomic E-state index is 5.57. The van der Waals surface area contributed by atoms with Gasteiger partial charge in [-0.2, -0.15) is 0 Å². The van der Waals surface area contributed by atoms with Gasteiger partial charge >= 0.3 is 0 Å². The summed E-state index contributed by atoms with van der Waals surface area (Å²) in [4.78, 5) is 8.34. The predicted molar refractivity (Wildman–Crippen MR) is 81.6 cm³/mol. The number of nitrogens with one attached hydrogen (secondary N) is 2. The van der Waals surface area contributed by atoms with E-state index in [-0.39, 0.29) is 6.04 Å². The summed E-state index contributed by atoms with van der Waals surface area (Å²) in [6.45, 7) is 2.56. The molecule has 0 aliphatic carbocycles. The van der Waals surface area contributed by atoms with Crippen LogP contribution in [0.25, 0.3) is 0 Å². The van der Waals surface area contributed by atoms with Crippen molar-refractivity contribution in [3.8, 4) is 0 Å². The third-order valence-electron chi connectivity index (χ3n) is 2.53. The fraction of sp³-hybridized carbons (Fsp3) is 0.231. The van der Waals surface area contributed by atoms with Crippen LogP contribution in [0.15, 0.2) is 41.1 Å². The Labute approximate surface area is 120 Å². The number of aromatic nitrogens is 2. The molecule has 19 heavy (non-hydrogen) atoms. The van der Waals surface area contributed by atoms with Gasteiger partial charge in [-0.25, -0.2) is 9.97 Å².